The lowest BCUT2D eigenvalue weighted by Crippen LogP contribution is -2.31. The van der Waals surface area contributed by atoms with E-state index in [1.807, 2.05) is 26.2 Å². The molecule has 0 spiro atoms. The van der Waals surface area contributed by atoms with E-state index in [1.165, 1.54) is 5.56 Å². The van der Waals surface area contributed by atoms with Gasteiger partial charge in [-0.2, -0.15) is 0 Å². The molecular weight excluding hydrogens is 336 g/mol. The number of hydrogen-bond donors (Lipinski definition) is 1. The molecule has 146 valence electrons. The lowest BCUT2D eigenvalue weighted by atomic mass is 9.92. The van der Waals surface area contributed by atoms with E-state index < -0.39 is 0 Å². The summed E-state index contributed by atoms with van der Waals surface area (Å²) in [5, 5.41) is 2.91. The number of carbonyl (C=O) groups is 1. The van der Waals surface area contributed by atoms with Crippen LogP contribution >= 0.6 is 0 Å². The first-order valence-corrected chi connectivity index (χ1v) is 9.54. The topological polar surface area (TPSA) is 58.1 Å². The van der Waals surface area contributed by atoms with Crippen molar-refractivity contribution in [1.29, 1.82) is 0 Å². The zero-order valence-corrected chi connectivity index (χ0v) is 17.4. The normalized spacial score (nSPS) is 12.5. The summed E-state index contributed by atoms with van der Waals surface area (Å²) >= 11 is 0. The summed E-state index contributed by atoms with van der Waals surface area (Å²) in [4.78, 5) is 22.4. The molecule has 0 fully saturated rings. The molecule has 1 N–H and O–H groups in total. The highest BCUT2D eigenvalue weighted by Crippen LogP contribution is 2.22. The average molecular weight is 369 g/mol. The SMILES string of the molecule is CC(=O)NC(C)Cc1ccc(-c2ccnc(N(C)CCC(C)(C)C)n2)cc1. The van der Waals surface area contributed by atoms with Gasteiger partial charge < -0.3 is 10.2 Å². The Kier molecular flexibility index (Phi) is 6.94. The Morgan fingerprint density at radius 3 is 2.44 bits per heavy atom. The summed E-state index contributed by atoms with van der Waals surface area (Å²) in [6.45, 7) is 11.2. The predicted octanol–water partition coefficient (Wildman–Crippen LogP) is 4.08. The number of benzene rings is 1. The first-order valence-electron chi connectivity index (χ1n) is 9.54. The Labute approximate surface area is 163 Å². The van der Waals surface area contributed by atoms with Gasteiger partial charge in [0.2, 0.25) is 11.9 Å². The summed E-state index contributed by atoms with van der Waals surface area (Å²) < 4.78 is 0. The number of hydrogen-bond acceptors (Lipinski definition) is 4. The van der Waals surface area contributed by atoms with Gasteiger partial charge in [-0.1, -0.05) is 45.0 Å². The molecule has 1 heterocycles. The minimum absolute atomic E-state index is 0.00298. The van der Waals surface area contributed by atoms with Gasteiger partial charge in [0.05, 0.1) is 5.69 Å². The van der Waals surface area contributed by atoms with Crippen LogP contribution in [0.15, 0.2) is 36.5 Å². The molecule has 2 aromatic rings. The van der Waals surface area contributed by atoms with Crippen molar-refractivity contribution in [3.63, 3.8) is 0 Å². The third-order valence-electron chi connectivity index (χ3n) is 4.42. The van der Waals surface area contributed by atoms with Gasteiger partial charge in [-0.05, 0) is 36.8 Å². The molecule has 27 heavy (non-hydrogen) atoms. The zero-order valence-electron chi connectivity index (χ0n) is 17.4. The third kappa shape index (κ3) is 7.00. The van der Waals surface area contributed by atoms with E-state index in [0.717, 1.165) is 36.6 Å². The van der Waals surface area contributed by atoms with Crippen LogP contribution in [-0.4, -0.2) is 35.5 Å². The summed E-state index contributed by atoms with van der Waals surface area (Å²) in [5.74, 6) is 0.753. The molecule has 0 saturated heterocycles. The van der Waals surface area contributed by atoms with Crippen LogP contribution in [0.2, 0.25) is 0 Å². The lowest BCUT2D eigenvalue weighted by molar-refractivity contribution is -0.119. The first-order chi connectivity index (χ1) is 12.6. The maximum absolute atomic E-state index is 11.1. The second-order valence-corrected chi connectivity index (χ2v) is 8.48. The van der Waals surface area contributed by atoms with Crippen LogP contribution in [0, 0.1) is 5.41 Å². The van der Waals surface area contributed by atoms with E-state index in [-0.39, 0.29) is 17.4 Å². The van der Waals surface area contributed by atoms with Crippen LogP contribution in [0.5, 0.6) is 0 Å². The smallest absolute Gasteiger partial charge is 0.225 e. The quantitative estimate of drug-likeness (QED) is 0.800. The summed E-state index contributed by atoms with van der Waals surface area (Å²) in [6.07, 6.45) is 3.71. The molecule has 1 aromatic heterocycles. The fourth-order valence-corrected chi connectivity index (χ4v) is 2.86. The van der Waals surface area contributed by atoms with E-state index in [2.05, 4.69) is 60.2 Å². The van der Waals surface area contributed by atoms with Crippen molar-refractivity contribution in [3.8, 4) is 11.3 Å². The van der Waals surface area contributed by atoms with Gasteiger partial charge >= 0.3 is 0 Å². The summed E-state index contributed by atoms with van der Waals surface area (Å²) in [7, 11) is 2.04. The van der Waals surface area contributed by atoms with Crippen molar-refractivity contribution in [2.45, 2.75) is 53.5 Å². The number of carbonyl (C=O) groups excluding carboxylic acids is 1. The molecular formula is C22H32N4O. The molecule has 0 radical (unpaired) electrons. The third-order valence-corrected chi connectivity index (χ3v) is 4.42. The highest BCUT2D eigenvalue weighted by molar-refractivity contribution is 5.73. The summed E-state index contributed by atoms with van der Waals surface area (Å²) in [6, 6.07) is 10.4. The number of nitrogens with one attached hydrogen (secondary N) is 1. The van der Waals surface area contributed by atoms with Crippen LogP contribution in [0.25, 0.3) is 11.3 Å². The number of amides is 1. The first kappa shape index (κ1) is 20.9. The largest absolute Gasteiger partial charge is 0.354 e. The molecule has 0 aliphatic carbocycles. The van der Waals surface area contributed by atoms with Gasteiger partial charge in [0.1, 0.15) is 0 Å². The fourth-order valence-electron chi connectivity index (χ4n) is 2.86. The Morgan fingerprint density at radius 2 is 1.85 bits per heavy atom. The Bertz CT molecular complexity index is 750. The molecule has 0 aliphatic heterocycles. The standard InChI is InChI=1S/C22H32N4O/c1-16(24-17(2)27)15-18-7-9-19(10-8-18)20-11-13-23-21(25-20)26(6)14-12-22(3,4)5/h7-11,13,16H,12,14-15H2,1-6H3,(H,24,27). The van der Waals surface area contributed by atoms with Crippen molar-refractivity contribution in [2.24, 2.45) is 5.41 Å². The van der Waals surface area contributed by atoms with Crippen molar-refractivity contribution in [1.82, 2.24) is 15.3 Å². The van der Waals surface area contributed by atoms with Crippen LogP contribution in [-0.2, 0) is 11.2 Å². The number of nitrogens with zero attached hydrogens (tertiary/aromatic N) is 3. The van der Waals surface area contributed by atoms with Crippen LogP contribution in [0.3, 0.4) is 0 Å². The highest BCUT2D eigenvalue weighted by Gasteiger charge is 2.13. The zero-order chi connectivity index (χ0) is 20.0. The molecule has 1 atom stereocenters. The van der Waals surface area contributed by atoms with Gasteiger partial charge in [0.15, 0.2) is 0 Å². The molecule has 0 aliphatic rings. The fraction of sp³-hybridized carbons (Fsp3) is 0.500. The van der Waals surface area contributed by atoms with Gasteiger partial charge in [-0.15, -0.1) is 0 Å². The van der Waals surface area contributed by atoms with Crippen molar-refractivity contribution in [2.75, 3.05) is 18.5 Å². The summed E-state index contributed by atoms with van der Waals surface area (Å²) in [5.41, 5.74) is 3.47. The molecule has 5 heteroatoms. The minimum atomic E-state index is 0.00298. The molecule has 0 bridgehead atoms. The van der Waals surface area contributed by atoms with Gasteiger partial charge in [0.25, 0.3) is 0 Å². The van der Waals surface area contributed by atoms with E-state index in [4.69, 9.17) is 4.98 Å². The molecule has 1 unspecified atom stereocenters. The van der Waals surface area contributed by atoms with Crippen LogP contribution in [0.1, 0.15) is 46.6 Å². The average Bonchev–Trinajstić information content (AvgIpc) is 2.59. The Hall–Kier alpha value is -2.43. The number of aromatic nitrogens is 2. The van der Waals surface area contributed by atoms with E-state index in [1.54, 1.807) is 6.92 Å². The molecule has 1 aromatic carbocycles. The van der Waals surface area contributed by atoms with Crippen molar-refractivity contribution in [3.05, 3.63) is 42.1 Å². The maximum Gasteiger partial charge on any atom is 0.225 e. The molecule has 0 saturated carbocycles. The molecule has 2 rings (SSSR count). The van der Waals surface area contributed by atoms with E-state index >= 15 is 0 Å². The van der Waals surface area contributed by atoms with Gasteiger partial charge in [-0.25, -0.2) is 9.97 Å². The van der Waals surface area contributed by atoms with Crippen LogP contribution in [0.4, 0.5) is 5.95 Å². The predicted molar refractivity (Wildman–Crippen MR) is 112 cm³/mol. The maximum atomic E-state index is 11.1. The van der Waals surface area contributed by atoms with E-state index in [9.17, 15) is 4.79 Å². The van der Waals surface area contributed by atoms with E-state index in [0.29, 0.717) is 0 Å². The molecule has 1 amide bonds. The Morgan fingerprint density at radius 1 is 1.19 bits per heavy atom. The highest BCUT2D eigenvalue weighted by atomic mass is 16.1. The molecule has 5 nitrogen and oxygen atoms in total. The monoisotopic (exact) mass is 368 g/mol. The second kappa shape index (κ2) is 8.98. The van der Waals surface area contributed by atoms with Crippen molar-refractivity contribution >= 4 is 11.9 Å². The van der Waals surface area contributed by atoms with Crippen molar-refractivity contribution < 1.29 is 4.79 Å². The van der Waals surface area contributed by atoms with Gasteiger partial charge in [0, 0.05) is 38.3 Å². The van der Waals surface area contributed by atoms with Gasteiger partial charge in [-0.3, -0.25) is 4.79 Å². The lowest BCUT2D eigenvalue weighted by Gasteiger charge is -2.23. The van der Waals surface area contributed by atoms with Crippen LogP contribution < -0.4 is 10.2 Å². The second-order valence-electron chi connectivity index (χ2n) is 8.48. The number of anilines is 1. The Balaban J connectivity index is 2.06. The number of rotatable bonds is 7. The minimum Gasteiger partial charge on any atom is -0.354 e.